The van der Waals surface area contributed by atoms with Crippen molar-refractivity contribution in [3.63, 3.8) is 0 Å². The number of ether oxygens (including phenoxy) is 2. The van der Waals surface area contributed by atoms with Gasteiger partial charge < -0.3 is 14.0 Å². The minimum Gasteiger partial charge on any atom is -0.487 e. The van der Waals surface area contributed by atoms with Gasteiger partial charge in [0.1, 0.15) is 18.1 Å². The molecule has 0 unspecified atom stereocenters. The van der Waals surface area contributed by atoms with Gasteiger partial charge >= 0.3 is 5.97 Å². The third-order valence-electron chi connectivity index (χ3n) is 5.78. The van der Waals surface area contributed by atoms with E-state index < -0.39 is 5.97 Å². The predicted octanol–water partition coefficient (Wildman–Crippen LogP) is 6.77. The van der Waals surface area contributed by atoms with Gasteiger partial charge in [-0.2, -0.15) is 0 Å². The van der Waals surface area contributed by atoms with E-state index >= 15 is 0 Å². The second kappa shape index (κ2) is 10.0. The Morgan fingerprint density at radius 1 is 0.914 bits per heavy atom. The zero-order valence-corrected chi connectivity index (χ0v) is 19.9. The van der Waals surface area contributed by atoms with Crippen LogP contribution in [0.3, 0.4) is 0 Å². The fourth-order valence-corrected chi connectivity index (χ4v) is 4.29. The van der Waals surface area contributed by atoms with Crippen molar-refractivity contribution in [2.45, 2.75) is 13.2 Å². The number of fused-ring (bicyclic) bond motifs is 1. The summed E-state index contributed by atoms with van der Waals surface area (Å²) in [5, 5.41) is 1.53. The van der Waals surface area contributed by atoms with Gasteiger partial charge in [0, 0.05) is 11.1 Å². The maximum Gasteiger partial charge on any atom is 0.356 e. The summed E-state index contributed by atoms with van der Waals surface area (Å²) >= 11 is 6.67. The molecule has 0 aliphatic rings. The van der Waals surface area contributed by atoms with Crippen molar-refractivity contribution >= 4 is 28.5 Å². The molecule has 3 aromatic carbocycles. The highest BCUT2D eigenvalue weighted by Gasteiger charge is 2.16. The zero-order valence-electron chi connectivity index (χ0n) is 19.1. The highest BCUT2D eigenvalue weighted by molar-refractivity contribution is 6.32. The van der Waals surface area contributed by atoms with Crippen LogP contribution in [0.1, 0.15) is 21.7 Å². The van der Waals surface area contributed by atoms with E-state index in [9.17, 15) is 4.79 Å². The van der Waals surface area contributed by atoms with Gasteiger partial charge in [0.2, 0.25) is 0 Å². The van der Waals surface area contributed by atoms with Gasteiger partial charge in [-0.3, -0.25) is 0 Å². The Morgan fingerprint density at radius 3 is 2.40 bits per heavy atom. The predicted molar refractivity (Wildman–Crippen MR) is 138 cm³/mol. The summed E-state index contributed by atoms with van der Waals surface area (Å²) in [6.45, 7) is 0.891. The molecule has 0 radical (unpaired) electrons. The van der Waals surface area contributed by atoms with Crippen LogP contribution in [0.4, 0.5) is 0 Å². The molecule has 5 aromatic rings. The zero-order chi connectivity index (χ0) is 24.2. The largest absolute Gasteiger partial charge is 0.487 e. The maximum atomic E-state index is 12.0. The van der Waals surface area contributed by atoms with Crippen molar-refractivity contribution < 1.29 is 14.3 Å². The van der Waals surface area contributed by atoms with Crippen LogP contribution >= 0.6 is 11.6 Å². The molecule has 35 heavy (non-hydrogen) atoms. The summed E-state index contributed by atoms with van der Waals surface area (Å²) in [5.41, 5.74) is 5.12. The van der Waals surface area contributed by atoms with E-state index in [0.29, 0.717) is 23.9 Å². The number of benzene rings is 3. The lowest BCUT2D eigenvalue weighted by atomic mass is 10.1. The van der Waals surface area contributed by atoms with Crippen LogP contribution in [0, 0.1) is 0 Å². The van der Waals surface area contributed by atoms with Gasteiger partial charge in [0.25, 0.3) is 0 Å². The Morgan fingerprint density at radius 2 is 1.66 bits per heavy atom. The third-order valence-corrected chi connectivity index (χ3v) is 6.08. The first-order chi connectivity index (χ1) is 17.1. The second-order valence-electron chi connectivity index (χ2n) is 8.10. The molecule has 0 aliphatic carbocycles. The number of hydrogen-bond acceptors (Lipinski definition) is 4. The number of hydrogen-bond donors (Lipinski definition) is 0. The van der Waals surface area contributed by atoms with Gasteiger partial charge in [-0.15, -0.1) is 0 Å². The molecule has 0 spiro atoms. The standard InChI is InChI=1S/C29H23ClN2O3/c1-34-29(33)25-14-8-13-23(31-25)18-32-26(21-11-6-3-7-12-21)15-22-16-28(24(30)17-27(22)32)35-19-20-9-4-2-5-10-20/h2-17H,18-19H2,1H3. The average Bonchev–Trinajstić information content (AvgIpc) is 3.24. The Balaban J connectivity index is 1.56. The third kappa shape index (κ3) is 4.91. The molecule has 0 fully saturated rings. The van der Waals surface area contributed by atoms with E-state index in [2.05, 4.69) is 27.8 Å². The Hall–Kier alpha value is -4.09. The summed E-state index contributed by atoms with van der Waals surface area (Å²) in [6.07, 6.45) is 0. The van der Waals surface area contributed by atoms with Crippen molar-refractivity contribution in [1.29, 1.82) is 0 Å². The molecule has 0 N–H and O–H groups in total. The molecule has 0 saturated carbocycles. The molecular weight excluding hydrogens is 460 g/mol. The minimum atomic E-state index is -0.462. The molecule has 5 rings (SSSR count). The fraction of sp³-hybridized carbons (Fsp3) is 0.103. The summed E-state index contributed by atoms with van der Waals surface area (Å²) in [7, 11) is 1.35. The Labute approximate surface area is 208 Å². The molecule has 0 amide bonds. The molecule has 174 valence electrons. The SMILES string of the molecule is COC(=O)c1cccc(Cn2c(-c3ccccc3)cc3cc(OCc4ccccc4)c(Cl)cc32)n1. The van der Waals surface area contributed by atoms with Gasteiger partial charge in [0.05, 0.1) is 29.9 Å². The highest BCUT2D eigenvalue weighted by atomic mass is 35.5. The number of rotatable bonds is 7. The number of nitrogens with zero attached hydrogens (tertiary/aromatic N) is 2. The van der Waals surface area contributed by atoms with Gasteiger partial charge in [-0.1, -0.05) is 78.3 Å². The molecule has 6 heteroatoms. The lowest BCUT2D eigenvalue weighted by molar-refractivity contribution is 0.0593. The minimum absolute atomic E-state index is 0.275. The van der Waals surface area contributed by atoms with Crippen molar-refractivity contribution in [1.82, 2.24) is 9.55 Å². The van der Waals surface area contributed by atoms with Crippen molar-refractivity contribution in [2.75, 3.05) is 7.11 Å². The Bertz CT molecular complexity index is 1480. The van der Waals surface area contributed by atoms with Gasteiger partial charge in [0.15, 0.2) is 0 Å². The summed E-state index contributed by atoms with van der Waals surface area (Å²) in [5.74, 6) is 0.168. The maximum absolute atomic E-state index is 12.0. The molecule has 0 bridgehead atoms. The first-order valence-electron chi connectivity index (χ1n) is 11.2. The smallest absolute Gasteiger partial charge is 0.356 e. The van der Waals surface area contributed by atoms with Gasteiger partial charge in [-0.25, -0.2) is 9.78 Å². The van der Waals surface area contributed by atoms with Crippen molar-refractivity contribution in [3.8, 4) is 17.0 Å². The lowest BCUT2D eigenvalue weighted by Crippen LogP contribution is -2.09. The van der Waals surface area contributed by atoms with E-state index in [1.807, 2.05) is 72.8 Å². The van der Waals surface area contributed by atoms with Crippen LogP contribution in [0.15, 0.2) is 97.1 Å². The summed E-state index contributed by atoms with van der Waals surface area (Å²) < 4.78 is 13.0. The number of pyridine rings is 1. The molecular formula is C29H23ClN2O3. The number of carbonyl (C=O) groups is 1. The summed E-state index contributed by atoms with van der Waals surface area (Å²) in [6, 6.07) is 31.5. The van der Waals surface area contributed by atoms with Crippen LogP contribution in [-0.2, 0) is 17.9 Å². The van der Waals surface area contributed by atoms with E-state index in [1.54, 1.807) is 6.07 Å². The number of halogens is 1. The number of carbonyl (C=O) groups excluding carboxylic acids is 1. The molecule has 2 aromatic heterocycles. The molecule has 5 nitrogen and oxygen atoms in total. The fourth-order valence-electron chi connectivity index (χ4n) is 4.08. The van der Waals surface area contributed by atoms with Gasteiger partial charge in [-0.05, 0) is 41.5 Å². The number of methoxy groups -OCH3 is 1. The normalized spacial score (nSPS) is 10.9. The molecule has 0 atom stereocenters. The average molecular weight is 483 g/mol. The molecule has 0 aliphatic heterocycles. The number of esters is 1. The van der Waals surface area contributed by atoms with E-state index in [4.69, 9.17) is 21.1 Å². The molecule has 2 heterocycles. The quantitative estimate of drug-likeness (QED) is 0.240. The van der Waals surface area contributed by atoms with E-state index in [1.165, 1.54) is 7.11 Å². The van der Waals surface area contributed by atoms with Crippen LogP contribution in [0.25, 0.3) is 22.2 Å². The topological polar surface area (TPSA) is 53.4 Å². The molecule has 0 saturated heterocycles. The van der Waals surface area contributed by atoms with Crippen LogP contribution < -0.4 is 4.74 Å². The monoisotopic (exact) mass is 482 g/mol. The van der Waals surface area contributed by atoms with E-state index in [-0.39, 0.29) is 5.69 Å². The first kappa shape index (κ1) is 22.7. The van der Waals surface area contributed by atoms with Crippen molar-refractivity contribution in [2.24, 2.45) is 0 Å². The van der Waals surface area contributed by atoms with Crippen molar-refractivity contribution in [3.05, 3.63) is 119 Å². The lowest BCUT2D eigenvalue weighted by Gasteiger charge is -2.13. The second-order valence-corrected chi connectivity index (χ2v) is 8.51. The Kier molecular flexibility index (Phi) is 6.51. The van der Waals surface area contributed by atoms with E-state index in [0.717, 1.165) is 33.4 Å². The van der Waals surface area contributed by atoms with Crippen LogP contribution in [0.2, 0.25) is 5.02 Å². The summed E-state index contributed by atoms with van der Waals surface area (Å²) in [4.78, 5) is 16.5. The highest BCUT2D eigenvalue weighted by Crippen LogP contribution is 2.36. The van der Waals surface area contributed by atoms with Crippen LogP contribution in [-0.4, -0.2) is 22.6 Å². The number of aromatic nitrogens is 2. The van der Waals surface area contributed by atoms with Crippen LogP contribution in [0.5, 0.6) is 5.75 Å². The first-order valence-corrected chi connectivity index (χ1v) is 11.6.